The number of Topliss-reactive ketones (excluding diaryl/α,β-unsaturated/α-hetero) is 1. The summed E-state index contributed by atoms with van der Waals surface area (Å²) in [4.78, 5) is 45.8. The number of carboxylic acid groups (broad SMARTS) is 1. The molecule has 2 rings (SSSR count). The van der Waals surface area contributed by atoms with E-state index in [1.165, 1.54) is 24.3 Å². The first kappa shape index (κ1) is 13.7. The van der Waals surface area contributed by atoms with Crippen LogP contribution in [0.4, 0.5) is 0 Å². The maximum Gasteiger partial charge on any atom is 0.322 e. The Labute approximate surface area is 114 Å². The maximum atomic E-state index is 11.9. The Balaban J connectivity index is 2.32. The molecule has 0 aliphatic heterocycles. The molecular weight excluding hydrogens is 262 g/mol. The summed E-state index contributed by atoms with van der Waals surface area (Å²) in [5.41, 5.74) is 0.901. The molecule has 0 fully saturated rings. The van der Waals surface area contributed by atoms with Crippen molar-refractivity contribution in [3.8, 4) is 0 Å². The van der Waals surface area contributed by atoms with E-state index in [-0.39, 0.29) is 28.3 Å². The molecule has 1 amide bonds. The van der Waals surface area contributed by atoms with Crippen LogP contribution in [0, 0.1) is 0 Å². The highest BCUT2D eigenvalue weighted by Crippen LogP contribution is 2.22. The van der Waals surface area contributed by atoms with Gasteiger partial charge in [-0.25, -0.2) is 0 Å². The van der Waals surface area contributed by atoms with E-state index in [1.54, 1.807) is 6.92 Å². The fourth-order valence-corrected chi connectivity index (χ4v) is 1.90. The van der Waals surface area contributed by atoms with Crippen molar-refractivity contribution in [1.82, 2.24) is 5.32 Å². The van der Waals surface area contributed by atoms with Crippen LogP contribution in [-0.2, 0) is 4.79 Å². The number of hydrogen-bond donors (Lipinski definition) is 2. The van der Waals surface area contributed by atoms with E-state index in [0.717, 1.165) is 0 Å². The highest BCUT2D eigenvalue weighted by atomic mass is 16.4. The Hall–Kier alpha value is -2.76. The van der Waals surface area contributed by atoms with Gasteiger partial charge in [0.25, 0.3) is 5.91 Å². The zero-order valence-corrected chi connectivity index (χ0v) is 10.6. The van der Waals surface area contributed by atoms with Gasteiger partial charge in [0, 0.05) is 22.3 Å². The number of ketones is 2. The Kier molecular flexibility index (Phi) is 3.47. The molecule has 0 radical (unpaired) electrons. The lowest BCUT2D eigenvalue weighted by molar-refractivity contribution is -0.135. The highest BCUT2D eigenvalue weighted by Gasteiger charge is 2.24. The Morgan fingerprint density at radius 3 is 2.55 bits per heavy atom. The molecule has 0 bridgehead atoms. The van der Waals surface area contributed by atoms with Crippen LogP contribution in [0.2, 0.25) is 0 Å². The van der Waals surface area contributed by atoms with E-state index in [1.807, 2.05) is 0 Å². The van der Waals surface area contributed by atoms with Gasteiger partial charge in [-0.3, -0.25) is 19.2 Å². The summed E-state index contributed by atoms with van der Waals surface area (Å²) in [6.07, 6.45) is 1.23. The van der Waals surface area contributed by atoms with E-state index in [2.05, 4.69) is 5.32 Å². The number of rotatable bonds is 3. The standard InChI is InChI=1S/C14H11NO5/c1-7-4-11(16)10-5-8(2-3-9(10)13(7)19)14(20)15-6-12(17)18/h2-5H,6H2,1H3,(H,15,20)(H,17,18). The predicted octanol–water partition coefficient (Wildman–Crippen LogP) is 0.826. The van der Waals surface area contributed by atoms with Gasteiger partial charge >= 0.3 is 5.97 Å². The molecule has 1 aliphatic carbocycles. The lowest BCUT2D eigenvalue weighted by Gasteiger charge is -2.13. The van der Waals surface area contributed by atoms with Crippen molar-refractivity contribution in [3.05, 3.63) is 46.5 Å². The fourth-order valence-electron chi connectivity index (χ4n) is 1.90. The number of carbonyl (C=O) groups excluding carboxylic acids is 3. The molecule has 1 aromatic carbocycles. The number of aliphatic carboxylic acids is 1. The van der Waals surface area contributed by atoms with Crippen molar-refractivity contribution in [2.24, 2.45) is 0 Å². The first-order valence-corrected chi connectivity index (χ1v) is 5.81. The van der Waals surface area contributed by atoms with Gasteiger partial charge in [-0.1, -0.05) is 0 Å². The maximum absolute atomic E-state index is 11.9. The van der Waals surface area contributed by atoms with E-state index in [9.17, 15) is 19.2 Å². The Morgan fingerprint density at radius 1 is 1.20 bits per heavy atom. The van der Waals surface area contributed by atoms with Crippen molar-refractivity contribution in [3.63, 3.8) is 0 Å². The number of allylic oxidation sites excluding steroid dienone is 2. The van der Waals surface area contributed by atoms with Crippen molar-refractivity contribution in [2.75, 3.05) is 6.54 Å². The van der Waals surface area contributed by atoms with Crippen LogP contribution in [0.3, 0.4) is 0 Å². The normalized spacial score (nSPS) is 13.6. The quantitative estimate of drug-likeness (QED) is 0.849. The zero-order chi connectivity index (χ0) is 14.9. The average Bonchev–Trinajstić information content (AvgIpc) is 2.41. The number of benzene rings is 1. The number of carboxylic acids is 1. The third kappa shape index (κ3) is 2.49. The lowest BCUT2D eigenvalue weighted by Crippen LogP contribution is -2.29. The Bertz CT molecular complexity index is 672. The number of fused-ring (bicyclic) bond motifs is 1. The second-order valence-corrected chi connectivity index (χ2v) is 4.36. The van der Waals surface area contributed by atoms with Crippen molar-refractivity contribution in [2.45, 2.75) is 6.92 Å². The molecular formula is C14H11NO5. The van der Waals surface area contributed by atoms with E-state index in [4.69, 9.17) is 5.11 Å². The predicted molar refractivity (Wildman–Crippen MR) is 68.8 cm³/mol. The van der Waals surface area contributed by atoms with Crippen LogP contribution in [0.25, 0.3) is 0 Å². The second-order valence-electron chi connectivity index (χ2n) is 4.36. The van der Waals surface area contributed by atoms with Gasteiger partial charge in [0.1, 0.15) is 6.54 Å². The van der Waals surface area contributed by atoms with Crippen LogP contribution in [0.15, 0.2) is 29.8 Å². The molecule has 0 spiro atoms. The summed E-state index contributed by atoms with van der Waals surface area (Å²) in [7, 11) is 0. The summed E-state index contributed by atoms with van der Waals surface area (Å²) >= 11 is 0. The van der Waals surface area contributed by atoms with E-state index in [0.29, 0.717) is 5.57 Å². The molecule has 6 heteroatoms. The molecule has 1 aromatic rings. The molecule has 2 N–H and O–H groups in total. The molecule has 6 nitrogen and oxygen atoms in total. The topological polar surface area (TPSA) is 101 Å². The van der Waals surface area contributed by atoms with Crippen LogP contribution in [-0.4, -0.2) is 35.1 Å². The summed E-state index contributed by atoms with van der Waals surface area (Å²) in [5, 5.41) is 10.7. The minimum absolute atomic E-state index is 0.138. The third-order valence-electron chi connectivity index (χ3n) is 2.90. The average molecular weight is 273 g/mol. The van der Waals surface area contributed by atoms with Crippen molar-refractivity contribution >= 4 is 23.4 Å². The number of hydrogen-bond acceptors (Lipinski definition) is 4. The van der Waals surface area contributed by atoms with Gasteiger partial charge in [0.05, 0.1) is 0 Å². The summed E-state index contributed by atoms with van der Waals surface area (Å²) in [6, 6.07) is 4.09. The van der Waals surface area contributed by atoms with Crippen LogP contribution < -0.4 is 5.32 Å². The molecule has 102 valence electrons. The minimum Gasteiger partial charge on any atom is -0.480 e. The molecule has 20 heavy (non-hydrogen) atoms. The van der Waals surface area contributed by atoms with Gasteiger partial charge in [-0.05, 0) is 31.2 Å². The van der Waals surface area contributed by atoms with E-state index < -0.39 is 18.4 Å². The van der Waals surface area contributed by atoms with Crippen molar-refractivity contribution < 1.29 is 24.3 Å². The highest BCUT2D eigenvalue weighted by molar-refractivity contribution is 6.24. The van der Waals surface area contributed by atoms with Gasteiger partial charge in [-0.2, -0.15) is 0 Å². The molecule has 0 heterocycles. The summed E-state index contributed by atoms with van der Waals surface area (Å²) < 4.78 is 0. The second kappa shape index (κ2) is 5.08. The van der Waals surface area contributed by atoms with Crippen LogP contribution >= 0.6 is 0 Å². The first-order valence-electron chi connectivity index (χ1n) is 5.81. The number of nitrogens with one attached hydrogen (secondary N) is 1. The number of amides is 1. The summed E-state index contributed by atoms with van der Waals surface area (Å²) in [5.74, 6) is -2.37. The SMILES string of the molecule is CC1=CC(=O)c2cc(C(=O)NCC(=O)O)ccc2C1=O. The van der Waals surface area contributed by atoms with E-state index >= 15 is 0 Å². The van der Waals surface area contributed by atoms with Gasteiger partial charge < -0.3 is 10.4 Å². The third-order valence-corrected chi connectivity index (χ3v) is 2.90. The van der Waals surface area contributed by atoms with Crippen molar-refractivity contribution in [1.29, 1.82) is 0 Å². The fraction of sp³-hybridized carbons (Fsp3) is 0.143. The zero-order valence-electron chi connectivity index (χ0n) is 10.6. The minimum atomic E-state index is -1.17. The molecule has 0 aromatic heterocycles. The molecule has 1 aliphatic rings. The molecule has 0 saturated heterocycles. The van der Waals surface area contributed by atoms with Gasteiger partial charge in [0.15, 0.2) is 11.6 Å². The van der Waals surface area contributed by atoms with Crippen LogP contribution in [0.1, 0.15) is 38.0 Å². The van der Waals surface area contributed by atoms with Gasteiger partial charge in [-0.15, -0.1) is 0 Å². The number of carbonyl (C=O) groups is 4. The monoisotopic (exact) mass is 273 g/mol. The van der Waals surface area contributed by atoms with Gasteiger partial charge in [0.2, 0.25) is 0 Å². The van der Waals surface area contributed by atoms with Crippen LogP contribution in [0.5, 0.6) is 0 Å². The molecule has 0 unspecified atom stereocenters. The lowest BCUT2D eigenvalue weighted by atomic mass is 9.89. The largest absolute Gasteiger partial charge is 0.480 e. The molecule has 0 atom stereocenters. The summed E-state index contributed by atoms with van der Waals surface area (Å²) in [6.45, 7) is 1.04. The molecule has 0 saturated carbocycles. The first-order chi connectivity index (χ1) is 9.40. The Morgan fingerprint density at radius 2 is 1.90 bits per heavy atom. The smallest absolute Gasteiger partial charge is 0.322 e.